The fourth-order valence-electron chi connectivity index (χ4n) is 2.00. The highest BCUT2D eigenvalue weighted by Crippen LogP contribution is 2.01. The van der Waals surface area contributed by atoms with E-state index in [1.54, 1.807) is 6.92 Å². The number of aliphatic carboxylic acids is 1. The molecule has 1 aliphatic rings. The van der Waals surface area contributed by atoms with Gasteiger partial charge in [0.25, 0.3) is 0 Å². The van der Waals surface area contributed by atoms with Crippen LogP contribution in [0.15, 0.2) is 0 Å². The molecule has 0 spiro atoms. The van der Waals surface area contributed by atoms with Crippen molar-refractivity contribution in [2.24, 2.45) is 5.92 Å². The summed E-state index contributed by atoms with van der Waals surface area (Å²) in [5, 5.41) is 14.7. The van der Waals surface area contributed by atoms with Gasteiger partial charge >= 0.3 is 5.97 Å². The average Bonchev–Trinajstić information content (AvgIpc) is 2.42. The zero-order chi connectivity index (χ0) is 14.1. The van der Waals surface area contributed by atoms with Crippen LogP contribution < -0.4 is 10.6 Å². The molecule has 0 radical (unpaired) electrons. The van der Waals surface area contributed by atoms with Crippen LogP contribution in [0.4, 0.5) is 0 Å². The molecule has 1 atom stereocenters. The van der Waals surface area contributed by atoms with Gasteiger partial charge in [-0.1, -0.05) is 6.92 Å². The minimum absolute atomic E-state index is 0.0478. The van der Waals surface area contributed by atoms with E-state index >= 15 is 0 Å². The van der Waals surface area contributed by atoms with Gasteiger partial charge in [0.15, 0.2) is 0 Å². The Morgan fingerprint density at radius 3 is 2.63 bits per heavy atom. The van der Waals surface area contributed by atoms with E-state index in [-0.39, 0.29) is 12.5 Å². The summed E-state index contributed by atoms with van der Waals surface area (Å²) in [6.07, 6.45) is 2.36. The minimum Gasteiger partial charge on any atom is -0.481 e. The monoisotopic (exact) mass is 271 g/mol. The number of carboxylic acid groups (broad SMARTS) is 1. The maximum Gasteiger partial charge on any atom is 0.308 e. The molecule has 3 N–H and O–H groups in total. The van der Waals surface area contributed by atoms with E-state index < -0.39 is 11.9 Å². The molecule has 0 aliphatic carbocycles. The average molecular weight is 271 g/mol. The van der Waals surface area contributed by atoms with Crippen molar-refractivity contribution < 1.29 is 14.7 Å². The van der Waals surface area contributed by atoms with E-state index in [9.17, 15) is 9.59 Å². The van der Waals surface area contributed by atoms with Gasteiger partial charge in [0.05, 0.1) is 5.92 Å². The van der Waals surface area contributed by atoms with Crippen molar-refractivity contribution in [1.82, 2.24) is 15.5 Å². The Labute approximate surface area is 114 Å². The first-order valence-corrected chi connectivity index (χ1v) is 7.02. The number of carboxylic acids is 1. The molecule has 6 heteroatoms. The number of piperazine rings is 1. The number of amides is 1. The molecule has 0 aromatic rings. The van der Waals surface area contributed by atoms with Crippen molar-refractivity contribution in [3.8, 4) is 0 Å². The number of hydrogen-bond donors (Lipinski definition) is 3. The van der Waals surface area contributed by atoms with Crippen LogP contribution in [0.25, 0.3) is 0 Å². The van der Waals surface area contributed by atoms with Gasteiger partial charge < -0.3 is 20.6 Å². The van der Waals surface area contributed by atoms with Crippen LogP contribution in [-0.4, -0.2) is 61.2 Å². The van der Waals surface area contributed by atoms with Crippen molar-refractivity contribution >= 4 is 11.9 Å². The SMILES string of the molecule is C[C@@H](CNC(=O)CCCCN1CCNCC1)C(=O)O. The molecular weight excluding hydrogens is 246 g/mol. The number of carbonyl (C=O) groups excluding carboxylic acids is 1. The summed E-state index contributed by atoms with van der Waals surface area (Å²) in [4.78, 5) is 24.5. The van der Waals surface area contributed by atoms with Crippen LogP contribution in [0.5, 0.6) is 0 Å². The Kier molecular flexibility index (Phi) is 7.43. The fraction of sp³-hybridized carbons (Fsp3) is 0.846. The van der Waals surface area contributed by atoms with E-state index in [4.69, 9.17) is 5.11 Å². The molecule has 1 saturated heterocycles. The van der Waals surface area contributed by atoms with Crippen molar-refractivity contribution in [2.45, 2.75) is 26.2 Å². The molecule has 0 bridgehead atoms. The molecule has 1 heterocycles. The normalized spacial score (nSPS) is 17.9. The summed E-state index contributed by atoms with van der Waals surface area (Å²) in [5.74, 6) is -1.45. The van der Waals surface area contributed by atoms with Gasteiger partial charge in [-0.05, 0) is 19.4 Å². The molecule has 6 nitrogen and oxygen atoms in total. The van der Waals surface area contributed by atoms with Crippen LogP contribution >= 0.6 is 0 Å². The van der Waals surface area contributed by atoms with E-state index in [2.05, 4.69) is 15.5 Å². The second-order valence-corrected chi connectivity index (χ2v) is 5.09. The number of nitrogens with zero attached hydrogens (tertiary/aromatic N) is 1. The summed E-state index contributed by atoms with van der Waals surface area (Å²) < 4.78 is 0. The molecule has 0 aromatic carbocycles. The highest BCUT2D eigenvalue weighted by molar-refractivity contribution is 5.77. The standard InChI is InChI=1S/C13H25N3O3/c1-11(13(18)19)10-15-12(17)4-2-3-7-16-8-5-14-6-9-16/h11,14H,2-10H2,1H3,(H,15,17)(H,18,19)/t11-/m0/s1. The first kappa shape index (κ1) is 15.9. The maximum absolute atomic E-state index is 11.5. The summed E-state index contributed by atoms with van der Waals surface area (Å²) >= 11 is 0. The minimum atomic E-state index is -0.876. The summed E-state index contributed by atoms with van der Waals surface area (Å²) in [7, 11) is 0. The Balaban J connectivity index is 1.99. The van der Waals surface area contributed by atoms with Gasteiger partial charge in [-0.15, -0.1) is 0 Å². The largest absolute Gasteiger partial charge is 0.481 e. The highest BCUT2D eigenvalue weighted by atomic mass is 16.4. The maximum atomic E-state index is 11.5. The van der Waals surface area contributed by atoms with E-state index in [1.807, 2.05) is 0 Å². The molecule has 1 fully saturated rings. The lowest BCUT2D eigenvalue weighted by Crippen LogP contribution is -2.43. The summed E-state index contributed by atoms with van der Waals surface area (Å²) in [6, 6.07) is 0. The number of rotatable bonds is 8. The molecule has 19 heavy (non-hydrogen) atoms. The van der Waals surface area contributed by atoms with Gasteiger partial charge in [-0.2, -0.15) is 0 Å². The third-order valence-corrected chi connectivity index (χ3v) is 3.36. The molecule has 0 aromatic heterocycles. The Morgan fingerprint density at radius 2 is 2.00 bits per heavy atom. The van der Waals surface area contributed by atoms with Gasteiger partial charge in [-0.3, -0.25) is 9.59 Å². The number of hydrogen-bond acceptors (Lipinski definition) is 4. The van der Waals surface area contributed by atoms with Crippen molar-refractivity contribution in [1.29, 1.82) is 0 Å². The lowest BCUT2D eigenvalue weighted by atomic mass is 10.1. The third-order valence-electron chi connectivity index (χ3n) is 3.36. The molecule has 110 valence electrons. The van der Waals surface area contributed by atoms with Gasteiger partial charge in [0.1, 0.15) is 0 Å². The topological polar surface area (TPSA) is 81.7 Å². The molecule has 1 aliphatic heterocycles. The van der Waals surface area contributed by atoms with Crippen LogP contribution in [-0.2, 0) is 9.59 Å². The van der Waals surface area contributed by atoms with Crippen LogP contribution in [0.1, 0.15) is 26.2 Å². The predicted octanol–water partition coefficient (Wildman–Crippen LogP) is -0.101. The summed E-state index contributed by atoms with van der Waals surface area (Å²) in [5.41, 5.74) is 0. The Bertz CT molecular complexity index is 291. The summed E-state index contributed by atoms with van der Waals surface area (Å²) in [6.45, 7) is 7.12. The molecule has 0 unspecified atom stereocenters. The van der Waals surface area contributed by atoms with Crippen molar-refractivity contribution in [3.05, 3.63) is 0 Å². The number of nitrogens with one attached hydrogen (secondary N) is 2. The van der Waals surface area contributed by atoms with Crippen molar-refractivity contribution in [3.63, 3.8) is 0 Å². The first-order chi connectivity index (χ1) is 9.09. The lowest BCUT2D eigenvalue weighted by Gasteiger charge is -2.26. The number of carbonyl (C=O) groups is 2. The van der Waals surface area contributed by atoms with E-state index in [1.165, 1.54) is 0 Å². The third kappa shape index (κ3) is 7.12. The zero-order valence-electron chi connectivity index (χ0n) is 11.7. The fourth-order valence-corrected chi connectivity index (χ4v) is 2.00. The van der Waals surface area contributed by atoms with Gasteiger partial charge in [-0.25, -0.2) is 0 Å². The van der Waals surface area contributed by atoms with Crippen LogP contribution in [0.3, 0.4) is 0 Å². The molecule has 0 saturated carbocycles. The zero-order valence-corrected chi connectivity index (χ0v) is 11.7. The first-order valence-electron chi connectivity index (χ1n) is 7.02. The quantitative estimate of drug-likeness (QED) is 0.537. The molecular formula is C13H25N3O3. The molecule has 1 amide bonds. The predicted molar refractivity (Wildman–Crippen MR) is 73.0 cm³/mol. The Morgan fingerprint density at radius 1 is 1.32 bits per heavy atom. The second-order valence-electron chi connectivity index (χ2n) is 5.09. The lowest BCUT2D eigenvalue weighted by molar-refractivity contribution is -0.141. The Hall–Kier alpha value is -1.14. The molecule has 1 rings (SSSR count). The van der Waals surface area contributed by atoms with Gasteiger partial charge in [0, 0.05) is 39.1 Å². The van der Waals surface area contributed by atoms with Crippen LogP contribution in [0.2, 0.25) is 0 Å². The van der Waals surface area contributed by atoms with E-state index in [0.29, 0.717) is 6.42 Å². The van der Waals surface area contributed by atoms with Gasteiger partial charge in [0.2, 0.25) is 5.91 Å². The smallest absolute Gasteiger partial charge is 0.308 e. The highest BCUT2D eigenvalue weighted by Gasteiger charge is 2.12. The van der Waals surface area contributed by atoms with Crippen molar-refractivity contribution in [2.75, 3.05) is 39.3 Å². The number of unbranched alkanes of at least 4 members (excludes halogenated alkanes) is 1. The van der Waals surface area contributed by atoms with E-state index in [0.717, 1.165) is 45.6 Å². The van der Waals surface area contributed by atoms with Crippen LogP contribution in [0, 0.1) is 5.92 Å². The second kappa shape index (κ2) is 8.87.